The fourth-order valence-electron chi connectivity index (χ4n) is 8.29. The fraction of sp³-hybridized carbons (Fsp3) is 0.828. The van der Waals surface area contributed by atoms with Crippen LogP contribution in [-0.4, -0.2) is 47.4 Å². The van der Waals surface area contributed by atoms with Gasteiger partial charge in [0.25, 0.3) is 0 Å². The van der Waals surface area contributed by atoms with Gasteiger partial charge >= 0.3 is 5.97 Å². The molecule has 0 fully saturated rings. The van der Waals surface area contributed by atoms with E-state index in [1.165, 1.54) is 205 Å². The zero-order valence-corrected chi connectivity index (χ0v) is 42.5. The molecule has 64 heavy (non-hydrogen) atoms. The minimum Gasteiger partial charge on any atom is -0.465 e. The van der Waals surface area contributed by atoms with Gasteiger partial charge in [-0.05, 0) is 77.0 Å². The van der Waals surface area contributed by atoms with E-state index in [1.54, 1.807) is 6.08 Å². The van der Waals surface area contributed by atoms with Gasteiger partial charge in [-0.3, -0.25) is 9.59 Å². The van der Waals surface area contributed by atoms with Crippen LogP contribution in [0.25, 0.3) is 0 Å². The molecule has 6 nitrogen and oxygen atoms in total. The number of hydrogen-bond donors (Lipinski definition) is 3. The summed E-state index contributed by atoms with van der Waals surface area (Å²) in [5, 5.41) is 23.0. The number of nitrogens with one attached hydrogen (secondary N) is 1. The Morgan fingerprint density at radius 1 is 0.438 bits per heavy atom. The van der Waals surface area contributed by atoms with E-state index >= 15 is 0 Å². The summed E-state index contributed by atoms with van der Waals surface area (Å²) in [5.41, 5.74) is 0. The molecule has 1 amide bonds. The Kier molecular flexibility index (Phi) is 51.6. The van der Waals surface area contributed by atoms with Crippen molar-refractivity contribution >= 4 is 11.9 Å². The van der Waals surface area contributed by atoms with Gasteiger partial charge in [0.05, 0.1) is 25.4 Å². The Labute approximate surface area is 397 Å². The predicted molar refractivity (Wildman–Crippen MR) is 278 cm³/mol. The molecule has 0 aliphatic carbocycles. The van der Waals surface area contributed by atoms with Crippen molar-refractivity contribution < 1.29 is 24.5 Å². The molecule has 0 spiro atoms. The van der Waals surface area contributed by atoms with Crippen LogP contribution in [0.1, 0.15) is 284 Å². The molecule has 3 N–H and O–H groups in total. The highest BCUT2D eigenvalue weighted by Crippen LogP contribution is 2.16. The van der Waals surface area contributed by atoms with Crippen molar-refractivity contribution in [2.75, 3.05) is 13.2 Å². The van der Waals surface area contributed by atoms with Crippen LogP contribution in [0.15, 0.2) is 48.6 Å². The Hall–Kier alpha value is -2.18. The molecule has 0 aromatic heterocycles. The number of ether oxygens (including phenoxy) is 1. The van der Waals surface area contributed by atoms with Gasteiger partial charge in [0.2, 0.25) is 5.91 Å². The van der Waals surface area contributed by atoms with Gasteiger partial charge in [-0.1, -0.05) is 242 Å². The number of carbonyl (C=O) groups is 2. The summed E-state index contributed by atoms with van der Waals surface area (Å²) >= 11 is 0. The number of aliphatic hydroxyl groups is 2. The molecule has 0 aliphatic heterocycles. The molecular weight excluding hydrogens is 791 g/mol. The second-order valence-electron chi connectivity index (χ2n) is 18.9. The van der Waals surface area contributed by atoms with Crippen molar-refractivity contribution in [1.29, 1.82) is 0 Å². The monoisotopic (exact) mass is 898 g/mol. The van der Waals surface area contributed by atoms with Crippen LogP contribution in [0, 0.1) is 0 Å². The molecule has 0 saturated heterocycles. The maximum Gasteiger partial charge on any atom is 0.305 e. The lowest BCUT2D eigenvalue weighted by molar-refractivity contribution is -0.143. The third-order valence-electron chi connectivity index (χ3n) is 12.6. The van der Waals surface area contributed by atoms with E-state index in [2.05, 4.69) is 55.6 Å². The first kappa shape index (κ1) is 61.8. The first-order chi connectivity index (χ1) is 31.5. The molecule has 0 aromatic rings. The van der Waals surface area contributed by atoms with Gasteiger partial charge in [0.15, 0.2) is 0 Å². The summed E-state index contributed by atoms with van der Waals surface area (Å²) in [6.45, 7) is 4.77. The van der Waals surface area contributed by atoms with E-state index in [9.17, 15) is 19.8 Å². The lowest BCUT2D eigenvalue weighted by Crippen LogP contribution is -2.45. The van der Waals surface area contributed by atoms with Crippen LogP contribution in [0.3, 0.4) is 0 Å². The summed E-state index contributed by atoms with van der Waals surface area (Å²) < 4.78 is 5.40. The quantitative estimate of drug-likeness (QED) is 0.0321. The van der Waals surface area contributed by atoms with Gasteiger partial charge in [-0.25, -0.2) is 0 Å². The van der Waals surface area contributed by atoms with Gasteiger partial charge in [-0.15, -0.1) is 0 Å². The largest absolute Gasteiger partial charge is 0.465 e. The third-order valence-corrected chi connectivity index (χ3v) is 12.6. The second kappa shape index (κ2) is 53.4. The highest BCUT2D eigenvalue weighted by atomic mass is 16.5. The summed E-state index contributed by atoms with van der Waals surface area (Å²) in [6, 6.07) is -0.631. The number of unbranched alkanes of at least 4 members (excludes halogenated alkanes) is 34. The number of rotatable bonds is 51. The molecule has 2 atom stereocenters. The van der Waals surface area contributed by atoms with E-state index in [0.717, 1.165) is 51.4 Å². The van der Waals surface area contributed by atoms with Crippen LogP contribution >= 0.6 is 0 Å². The summed E-state index contributed by atoms with van der Waals surface area (Å²) in [4.78, 5) is 24.4. The molecule has 0 saturated carbocycles. The van der Waals surface area contributed by atoms with E-state index in [0.29, 0.717) is 19.4 Å². The average Bonchev–Trinajstić information content (AvgIpc) is 3.29. The Morgan fingerprint density at radius 3 is 1.22 bits per heavy atom. The lowest BCUT2D eigenvalue weighted by atomic mass is 10.0. The Bertz CT molecular complexity index is 1080. The first-order valence-corrected chi connectivity index (χ1v) is 27.9. The molecule has 0 bridgehead atoms. The van der Waals surface area contributed by atoms with Gasteiger partial charge in [0.1, 0.15) is 0 Å². The van der Waals surface area contributed by atoms with Gasteiger partial charge in [0, 0.05) is 12.8 Å². The fourth-order valence-corrected chi connectivity index (χ4v) is 8.29. The smallest absolute Gasteiger partial charge is 0.305 e. The standard InChI is InChI=1S/C58H107NO5/c1-3-5-7-9-11-13-15-26-30-34-38-42-46-50-56(61)55(54-60)59-57(62)51-47-43-39-35-31-28-24-22-20-18-17-19-21-23-25-29-33-37-41-45-49-53-64-58(63)52-48-44-40-36-32-27-16-14-12-10-8-6-4-2/h14,16,29,33,41,45-46,50,55-56,60-61H,3-13,15,17-28,30-32,34-40,42-44,47-49,51-54H2,1-2H3,(H,59,62)/b16-14-,33-29-,45-41-,50-46+. The van der Waals surface area contributed by atoms with E-state index in [1.807, 2.05) is 6.08 Å². The number of carbonyl (C=O) groups excluding carboxylic acids is 2. The number of allylic oxidation sites excluding steroid dienone is 6. The maximum absolute atomic E-state index is 12.4. The van der Waals surface area contributed by atoms with Crippen LogP contribution in [0.4, 0.5) is 0 Å². The highest BCUT2D eigenvalue weighted by molar-refractivity contribution is 5.76. The third kappa shape index (κ3) is 49.3. The zero-order valence-electron chi connectivity index (χ0n) is 42.5. The molecule has 374 valence electrons. The van der Waals surface area contributed by atoms with Crippen molar-refractivity contribution in [2.45, 2.75) is 296 Å². The number of hydrogen-bond acceptors (Lipinski definition) is 5. The van der Waals surface area contributed by atoms with Crippen LogP contribution < -0.4 is 5.32 Å². The summed E-state index contributed by atoms with van der Waals surface area (Å²) in [5.74, 6) is -0.120. The first-order valence-electron chi connectivity index (χ1n) is 27.9. The Balaban J connectivity index is 3.49. The number of esters is 1. The molecule has 0 aliphatic rings. The lowest BCUT2D eigenvalue weighted by Gasteiger charge is -2.20. The van der Waals surface area contributed by atoms with E-state index in [4.69, 9.17) is 4.74 Å². The summed E-state index contributed by atoms with van der Waals surface area (Å²) in [7, 11) is 0. The van der Waals surface area contributed by atoms with Gasteiger partial charge < -0.3 is 20.3 Å². The maximum atomic E-state index is 12.4. The second-order valence-corrected chi connectivity index (χ2v) is 18.9. The molecule has 0 heterocycles. The minimum atomic E-state index is -0.848. The zero-order chi connectivity index (χ0) is 46.5. The van der Waals surface area contributed by atoms with Crippen molar-refractivity contribution in [3.63, 3.8) is 0 Å². The van der Waals surface area contributed by atoms with Crippen LogP contribution in [-0.2, 0) is 14.3 Å². The molecule has 0 rings (SSSR count). The number of aliphatic hydroxyl groups excluding tert-OH is 2. The normalized spacial score (nSPS) is 13.0. The highest BCUT2D eigenvalue weighted by Gasteiger charge is 2.18. The molecule has 0 aromatic carbocycles. The predicted octanol–water partition coefficient (Wildman–Crippen LogP) is 17.0. The van der Waals surface area contributed by atoms with Crippen molar-refractivity contribution in [1.82, 2.24) is 5.32 Å². The van der Waals surface area contributed by atoms with Crippen molar-refractivity contribution in [2.24, 2.45) is 0 Å². The molecule has 2 unspecified atom stereocenters. The molecule has 0 radical (unpaired) electrons. The SMILES string of the molecule is CCCCCC/C=C\CCCCCCCC(=O)OCC/C=C\C/C=C\CCCCCCCCCCCCCCCCC(=O)NC(CO)C(O)/C=C/CCCCCCCCCCCCC. The van der Waals surface area contributed by atoms with E-state index < -0.39 is 12.1 Å². The van der Waals surface area contributed by atoms with Crippen LogP contribution in [0.2, 0.25) is 0 Å². The molecule has 6 heteroatoms. The minimum absolute atomic E-state index is 0.0458. The topological polar surface area (TPSA) is 95.9 Å². The van der Waals surface area contributed by atoms with Gasteiger partial charge in [-0.2, -0.15) is 0 Å². The molecular formula is C58H107NO5. The van der Waals surface area contributed by atoms with E-state index in [-0.39, 0.29) is 18.5 Å². The Morgan fingerprint density at radius 2 is 0.781 bits per heavy atom. The van der Waals surface area contributed by atoms with Crippen molar-refractivity contribution in [3.8, 4) is 0 Å². The number of amides is 1. The van der Waals surface area contributed by atoms with Crippen LogP contribution in [0.5, 0.6) is 0 Å². The average molecular weight is 898 g/mol. The summed E-state index contributed by atoms with van der Waals surface area (Å²) in [6.07, 6.45) is 67.1. The van der Waals surface area contributed by atoms with Crippen molar-refractivity contribution in [3.05, 3.63) is 48.6 Å².